The van der Waals surface area contributed by atoms with Crippen molar-refractivity contribution >= 4 is 10.4 Å². The third-order valence-corrected chi connectivity index (χ3v) is 1.75. The maximum Gasteiger partial charge on any atom is 0.394 e. The Kier molecular flexibility index (Phi) is 3.59. The van der Waals surface area contributed by atoms with Gasteiger partial charge in [-0.3, -0.25) is 9.11 Å². The van der Waals surface area contributed by atoms with Crippen molar-refractivity contribution in [1.82, 2.24) is 5.32 Å². The second-order valence-corrected chi connectivity index (χ2v) is 3.72. The average Bonchev–Trinajstić information content (AvgIpc) is 2.47. The van der Waals surface area contributed by atoms with Crippen LogP contribution in [0.1, 0.15) is 11.1 Å². The number of hydrogen-bond acceptors (Lipinski definition) is 3. The fourth-order valence-electron chi connectivity index (χ4n) is 1.23. The van der Waals surface area contributed by atoms with Gasteiger partial charge in [0.25, 0.3) is 0 Å². The van der Waals surface area contributed by atoms with Crippen molar-refractivity contribution in [2.75, 3.05) is 0 Å². The molecule has 0 aromatic heterocycles. The first kappa shape index (κ1) is 11.1. The van der Waals surface area contributed by atoms with Gasteiger partial charge in [0.15, 0.2) is 0 Å². The molecule has 3 N–H and O–H groups in total. The maximum atomic E-state index is 8.74. The number of benzene rings is 1. The molecule has 0 atom stereocenters. The van der Waals surface area contributed by atoms with E-state index in [0.717, 1.165) is 13.1 Å². The number of hydrogen-bond donors (Lipinski definition) is 3. The standard InChI is InChI=1S/C8H9N.H2O4S/c1-2-4-8-6-9-5-7(8)3-1;1-5(2,3)4/h1-4,9H,5-6H2;(H2,1,2,3,4). The lowest BCUT2D eigenvalue weighted by atomic mass is 10.1. The van der Waals surface area contributed by atoms with E-state index < -0.39 is 10.4 Å². The molecular weight excluding hydrogens is 206 g/mol. The molecule has 6 heteroatoms. The molecule has 1 aliphatic heterocycles. The molecule has 0 fully saturated rings. The molecule has 0 radical (unpaired) electrons. The van der Waals surface area contributed by atoms with Crippen LogP contribution < -0.4 is 5.32 Å². The molecule has 0 bridgehead atoms. The van der Waals surface area contributed by atoms with Crippen LogP contribution in [-0.2, 0) is 23.5 Å². The van der Waals surface area contributed by atoms with Crippen molar-refractivity contribution in [3.8, 4) is 0 Å². The van der Waals surface area contributed by atoms with Crippen LogP contribution in [0.25, 0.3) is 0 Å². The summed E-state index contributed by atoms with van der Waals surface area (Å²) in [5.74, 6) is 0. The van der Waals surface area contributed by atoms with Gasteiger partial charge < -0.3 is 5.32 Å². The van der Waals surface area contributed by atoms with Gasteiger partial charge in [0.2, 0.25) is 0 Å². The van der Waals surface area contributed by atoms with Crippen LogP contribution in [-0.4, -0.2) is 17.5 Å². The molecular formula is C8H11NO4S. The smallest absolute Gasteiger partial charge is 0.309 e. The zero-order chi connectivity index (χ0) is 10.6. The summed E-state index contributed by atoms with van der Waals surface area (Å²) in [6, 6.07) is 8.53. The fraction of sp³-hybridized carbons (Fsp3) is 0.250. The highest BCUT2D eigenvalue weighted by Gasteiger charge is 2.06. The molecule has 0 spiro atoms. The Bertz CT molecular complexity index is 371. The molecule has 2 rings (SSSR count). The molecule has 0 saturated heterocycles. The van der Waals surface area contributed by atoms with Crippen LogP contribution in [0.4, 0.5) is 0 Å². The highest BCUT2D eigenvalue weighted by Crippen LogP contribution is 2.12. The van der Waals surface area contributed by atoms with Gasteiger partial charge in [0.05, 0.1) is 0 Å². The topological polar surface area (TPSA) is 86.6 Å². The molecule has 1 aromatic carbocycles. The number of fused-ring (bicyclic) bond motifs is 1. The van der Waals surface area contributed by atoms with E-state index in [2.05, 4.69) is 29.6 Å². The Morgan fingerprint density at radius 1 is 1.07 bits per heavy atom. The zero-order valence-electron chi connectivity index (χ0n) is 7.34. The second-order valence-electron chi connectivity index (χ2n) is 2.82. The van der Waals surface area contributed by atoms with E-state index in [1.165, 1.54) is 11.1 Å². The molecule has 5 nitrogen and oxygen atoms in total. The molecule has 14 heavy (non-hydrogen) atoms. The van der Waals surface area contributed by atoms with E-state index in [9.17, 15) is 0 Å². The SMILES string of the molecule is O=S(=O)(O)O.c1ccc2c(c1)CNC2. The summed E-state index contributed by atoms with van der Waals surface area (Å²) < 4.78 is 31.6. The van der Waals surface area contributed by atoms with Gasteiger partial charge >= 0.3 is 10.4 Å². The van der Waals surface area contributed by atoms with Gasteiger partial charge in [0, 0.05) is 13.1 Å². The Labute approximate surface area is 82.3 Å². The largest absolute Gasteiger partial charge is 0.394 e. The third kappa shape index (κ3) is 4.33. The first-order chi connectivity index (χ1) is 6.47. The highest BCUT2D eigenvalue weighted by molar-refractivity contribution is 7.79. The Morgan fingerprint density at radius 2 is 1.43 bits per heavy atom. The minimum absolute atomic E-state index is 1.05. The Morgan fingerprint density at radius 3 is 1.79 bits per heavy atom. The van der Waals surface area contributed by atoms with Crippen molar-refractivity contribution in [3.05, 3.63) is 35.4 Å². The lowest BCUT2D eigenvalue weighted by Gasteiger charge is -1.91. The minimum atomic E-state index is -4.67. The lowest BCUT2D eigenvalue weighted by Crippen LogP contribution is -1.99. The fourth-order valence-corrected chi connectivity index (χ4v) is 1.23. The van der Waals surface area contributed by atoms with E-state index in [-0.39, 0.29) is 0 Å². The molecule has 78 valence electrons. The summed E-state index contributed by atoms with van der Waals surface area (Å²) in [7, 11) is -4.67. The van der Waals surface area contributed by atoms with E-state index in [1.807, 2.05) is 0 Å². The predicted octanol–water partition coefficient (Wildman–Crippen LogP) is 0.637. The quantitative estimate of drug-likeness (QED) is 0.555. The molecule has 1 aromatic rings. The first-order valence-electron chi connectivity index (χ1n) is 3.94. The van der Waals surface area contributed by atoms with Crippen molar-refractivity contribution in [1.29, 1.82) is 0 Å². The normalized spacial score (nSPS) is 14.1. The van der Waals surface area contributed by atoms with Gasteiger partial charge in [-0.05, 0) is 11.1 Å². The van der Waals surface area contributed by atoms with Gasteiger partial charge in [-0.2, -0.15) is 8.42 Å². The second kappa shape index (κ2) is 4.52. The summed E-state index contributed by atoms with van der Waals surface area (Å²) >= 11 is 0. The van der Waals surface area contributed by atoms with Crippen LogP contribution in [0.5, 0.6) is 0 Å². The van der Waals surface area contributed by atoms with Crippen molar-refractivity contribution in [3.63, 3.8) is 0 Å². The predicted molar refractivity (Wildman–Crippen MR) is 51.2 cm³/mol. The van der Waals surface area contributed by atoms with Crippen LogP contribution in [0.3, 0.4) is 0 Å². The van der Waals surface area contributed by atoms with Crippen LogP contribution in [0.15, 0.2) is 24.3 Å². The van der Waals surface area contributed by atoms with Gasteiger partial charge in [-0.1, -0.05) is 24.3 Å². The van der Waals surface area contributed by atoms with Crippen molar-refractivity contribution in [2.24, 2.45) is 0 Å². The van der Waals surface area contributed by atoms with Crippen LogP contribution in [0.2, 0.25) is 0 Å². The summed E-state index contributed by atoms with van der Waals surface area (Å²) in [5.41, 5.74) is 2.91. The Hall–Kier alpha value is -0.950. The van der Waals surface area contributed by atoms with Crippen molar-refractivity contribution < 1.29 is 17.5 Å². The number of nitrogens with one attached hydrogen (secondary N) is 1. The third-order valence-electron chi connectivity index (χ3n) is 1.75. The maximum absolute atomic E-state index is 8.74. The van der Waals surface area contributed by atoms with Gasteiger partial charge in [-0.15, -0.1) is 0 Å². The molecule has 1 aliphatic rings. The molecule has 0 aliphatic carbocycles. The molecule has 1 heterocycles. The summed E-state index contributed by atoms with van der Waals surface area (Å²) in [6.45, 7) is 2.10. The van der Waals surface area contributed by atoms with E-state index >= 15 is 0 Å². The van der Waals surface area contributed by atoms with Gasteiger partial charge in [-0.25, -0.2) is 0 Å². The van der Waals surface area contributed by atoms with Crippen LogP contribution in [0, 0.1) is 0 Å². The first-order valence-corrected chi connectivity index (χ1v) is 5.34. The summed E-state index contributed by atoms with van der Waals surface area (Å²) in [4.78, 5) is 0. The van der Waals surface area contributed by atoms with Gasteiger partial charge in [0.1, 0.15) is 0 Å². The number of rotatable bonds is 0. The van der Waals surface area contributed by atoms with Crippen molar-refractivity contribution in [2.45, 2.75) is 13.1 Å². The Balaban J connectivity index is 0.000000171. The van der Waals surface area contributed by atoms with E-state index in [0.29, 0.717) is 0 Å². The molecule has 0 unspecified atom stereocenters. The molecule has 0 saturated carbocycles. The monoisotopic (exact) mass is 217 g/mol. The highest BCUT2D eigenvalue weighted by atomic mass is 32.3. The summed E-state index contributed by atoms with van der Waals surface area (Å²) in [6.07, 6.45) is 0. The van der Waals surface area contributed by atoms with Crippen LogP contribution >= 0.6 is 0 Å². The average molecular weight is 217 g/mol. The molecule has 0 amide bonds. The minimum Gasteiger partial charge on any atom is -0.309 e. The lowest BCUT2D eigenvalue weighted by molar-refractivity contribution is 0.381. The zero-order valence-corrected chi connectivity index (χ0v) is 8.16. The van der Waals surface area contributed by atoms with E-state index in [1.54, 1.807) is 0 Å². The summed E-state index contributed by atoms with van der Waals surface area (Å²) in [5, 5.41) is 3.29. The van der Waals surface area contributed by atoms with E-state index in [4.69, 9.17) is 17.5 Å².